The standard InChI is InChI=1S/C14H24N2S/c1-10-8-14(12(3)17-10)11(2)15-9-13-6-5-7-16(13)4/h8,11,13,15H,5-7,9H2,1-4H3. The topological polar surface area (TPSA) is 15.3 Å². The Morgan fingerprint density at radius 2 is 2.29 bits per heavy atom. The molecule has 96 valence electrons. The molecule has 17 heavy (non-hydrogen) atoms. The molecule has 1 aromatic heterocycles. The van der Waals surface area contributed by atoms with E-state index in [1.165, 1.54) is 34.7 Å². The lowest BCUT2D eigenvalue weighted by Gasteiger charge is -2.22. The summed E-state index contributed by atoms with van der Waals surface area (Å²) in [5, 5.41) is 3.69. The maximum absolute atomic E-state index is 3.69. The van der Waals surface area contributed by atoms with Crippen LogP contribution in [0.15, 0.2) is 6.07 Å². The first-order chi connectivity index (χ1) is 8.08. The summed E-state index contributed by atoms with van der Waals surface area (Å²) >= 11 is 1.91. The fourth-order valence-corrected chi connectivity index (χ4v) is 3.76. The van der Waals surface area contributed by atoms with Crippen molar-refractivity contribution in [2.75, 3.05) is 20.1 Å². The van der Waals surface area contributed by atoms with Gasteiger partial charge >= 0.3 is 0 Å². The van der Waals surface area contributed by atoms with Crippen LogP contribution in [-0.4, -0.2) is 31.1 Å². The van der Waals surface area contributed by atoms with Crippen LogP contribution in [-0.2, 0) is 0 Å². The first-order valence-corrected chi connectivity index (χ1v) is 7.40. The summed E-state index contributed by atoms with van der Waals surface area (Å²) in [6, 6.07) is 3.54. The van der Waals surface area contributed by atoms with Crippen LogP contribution in [0.1, 0.15) is 41.1 Å². The number of nitrogens with one attached hydrogen (secondary N) is 1. The Hall–Kier alpha value is -0.380. The Morgan fingerprint density at radius 3 is 2.82 bits per heavy atom. The fourth-order valence-electron chi connectivity index (χ4n) is 2.74. The quantitative estimate of drug-likeness (QED) is 0.886. The summed E-state index contributed by atoms with van der Waals surface area (Å²) in [6.07, 6.45) is 2.70. The van der Waals surface area contributed by atoms with Crippen LogP contribution in [0.2, 0.25) is 0 Å². The van der Waals surface area contributed by atoms with Crippen LogP contribution in [0.4, 0.5) is 0 Å². The highest BCUT2D eigenvalue weighted by atomic mass is 32.1. The molecule has 1 saturated heterocycles. The number of likely N-dealkylation sites (N-methyl/N-ethyl adjacent to an activating group) is 1. The van der Waals surface area contributed by atoms with E-state index in [2.05, 4.69) is 44.1 Å². The molecule has 0 radical (unpaired) electrons. The minimum atomic E-state index is 0.481. The van der Waals surface area contributed by atoms with Crippen molar-refractivity contribution >= 4 is 11.3 Å². The van der Waals surface area contributed by atoms with Crippen LogP contribution in [0.3, 0.4) is 0 Å². The second kappa shape index (κ2) is 5.51. The van der Waals surface area contributed by atoms with Gasteiger partial charge in [-0.05, 0) is 58.8 Å². The number of nitrogens with zero attached hydrogens (tertiary/aromatic N) is 1. The molecule has 1 aliphatic rings. The third-order valence-electron chi connectivity index (χ3n) is 3.88. The molecule has 1 N–H and O–H groups in total. The van der Waals surface area contributed by atoms with Gasteiger partial charge in [-0.25, -0.2) is 0 Å². The van der Waals surface area contributed by atoms with E-state index in [9.17, 15) is 0 Å². The average molecular weight is 252 g/mol. The summed E-state index contributed by atoms with van der Waals surface area (Å²) in [4.78, 5) is 5.36. The van der Waals surface area contributed by atoms with Crippen molar-refractivity contribution in [2.24, 2.45) is 0 Å². The summed E-state index contributed by atoms with van der Waals surface area (Å²) in [5.41, 5.74) is 1.48. The largest absolute Gasteiger partial charge is 0.309 e. The van der Waals surface area contributed by atoms with E-state index >= 15 is 0 Å². The molecular formula is C14H24N2S. The monoisotopic (exact) mass is 252 g/mol. The van der Waals surface area contributed by atoms with E-state index in [0.29, 0.717) is 6.04 Å². The van der Waals surface area contributed by atoms with Crippen molar-refractivity contribution in [2.45, 2.75) is 45.7 Å². The van der Waals surface area contributed by atoms with Gasteiger partial charge in [-0.15, -0.1) is 11.3 Å². The van der Waals surface area contributed by atoms with E-state index in [0.717, 1.165) is 12.6 Å². The van der Waals surface area contributed by atoms with Gasteiger partial charge < -0.3 is 10.2 Å². The molecule has 1 aliphatic heterocycles. The molecule has 1 fully saturated rings. The van der Waals surface area contributed by atoms with Crippen molar-refractivity contribution < 1.29 is 0 Å². The van der Waals surface area contributed by atoms with Gasteiger partial charge in [0.05, 0.1) is 0 Å². The number of hydrogen-bond acceptors (Lipinski definition) is 3. The maximum atomic E-state index is 3.69. The van der Waals surface area contributed by atoms with Gasteiger partial charge in [0.25, 0.3) is 0 Å². The third kappa shape index (κ3) is 3.09. The van der Waals surface area contributed by atoms with Gasteiger partial charge in [-0.2, -0.15) is 0 Å². The molecule has 2 rings (SSSR count). The number of likely N-dealkylation sites (tertiary alicyclic amines) is 1. The van der Waals surface area contributed by atoms with Gasteiger partial charge in [-0.3, -0.25) is 0 Å². The van der Waals surface area contributed by atoms with E-state index < -0.39 is 0 Å². The number of aryl methyl sites for hydroxylation is 2. The Balaban J connectivity index is 1.88. The summed E-state index contributed by atoms with van der Waals surface area (Å²) < 4.78 is 0. The molecule has 0 saturated carbocycles. The number of thiophene rings is 1. The average Bonchev–Trinajstić information content (AvgIpc) is 2.81. The third-order valence-corrected chi connectivity index (χ3v) is 4.86. The Kier molecular flexibility index (Phi) is 4.23. The molecule has 3 heteroatoms. The van der Waals surface area contributed by atoms with Crippen molar-refractivity contribution in [3.8, 4) is 0 Å². The molecule has 0 aliphatic carbocycles. The molecule has 0 bridgehead atoms. The molecule has 2 atom stereocenters. The Morgan fingerprint density at radius 1 is 1.53 bits per heavy atom. The number of rotatable bonds is 4. The Bertz CT molecular complexity index is 372. The normalized spacial score (nSPS) is 23.2. The molecular weight excluding hydrogens is 228 g/mol. The minimum Gasteiger partial charge on any atom is -0.309 e. The smallest absolute Gasteiger partial charge is 0.0303 e. The first-order valence-electron chi connectivity index (χ1n) is 6.58. The molecule has 2 heterocycles. The number of hydrogen-bond donors (Lipinski definition) is 1. The molecule has 1 aromatic rings. The van der Waals surface area contributed by atoms with E-state index in [4.69, 9.17) is 0 Å². The predicted octanol–water partition coefficient (Wildman–Crippen LogP) is 3.11. The minimum absolute atomic E-state index is 0.481. The lowest BCUT2D eigenvalue weighted by Crippen LogP contribution is -2.36. The Labute approximate surface area is 109 Å². The second-order valence-corrected chi connectivity index (χ2v) is 6.74. The van der Waals surface area contributed by atoms with E-state index in [1.54, 1.807) is 0 Å². The van der Waals surface area contributed by atoms with Crippen molar-refractivity contribution in [3.63, 3.8) is 0 Å². The van der Waals surface area contributed by atoms with E-state index in [1.807, 2.05) is 11.3 Å². The fraction of sp³-hybridized carbons (Fsp3) is 0.714. The van der Waals surface area contributed by atoms with Crippen LogP contribution < -0.4 is 5.32 Å². The zero-order valence-corrected chi connectivity index (χ0v) is 12.2. The predicted molar refractivity (Wildman–Crippen MR) is 75.9 cm³/mol. The van der Waals surface area contributed by atoms with Crippen LogP contribution >= 0.6 is 11.3 Å². The van der Waals surface area contributed by atoms with Gasteiger partial charge in [0.1, 0.15) is 0 Å². The summed E-state index contributed by atoms with van der Waals surface area (Å²) in [7, 11) is 2.24. The lowest BCUT2D eigenvalue weighted by atomic mass is 10.1. The highest BCUT2D eigenvalue weighted by Gasteiger charge is 2.21. The van der Waals surface area contributed by atoms with Gasteiger partial charge in [-0.1, -0.05) is 0 Å². The van der Waals surface area contributed by atoms with Gasteiger partial charge in [0.2, 0.25) is 0 Å². The van der Waals surface area contributed by atoms with Crippen LogP contribution in [0.5, 0.6) is 0 Å². The van der Waals surface area contributed by atoms with Crippen LogP contribution in [0.25, 0.3) is 0 Å². The maximum Gasteiger partial charge on any atom is 0.0303 e. The molecule has 2 nitrogen and oxygen atoms in total. The SMILES string of the molecule is Cc1cc(C(C)NCC2CCCN2C)c(C)s1. The molecule has 0 amide bonds. The highest BCUT2D eigenvalue weighted by Crippen LogP contribution is 2.26. The molecule has 0 spiro atoms. The lowest BCUT2D eigenvalue weighted by molar-refractivity contribution is 0.293. The first kappa shape index (κ1) is 13.1. The van der Waals surface area contributed by atoms with Crippen molar-refractivity contribution in [1.29, 1.82) is 0 Å². The van der Waals surface area contributed by atoms with Gasteiger partial charge in [0, 0.05) is 28.4 Å². The summed E-state index contributed by atoms with van der Waals surface area (Å²) in [5.74, 6) is 0. The molecule has 2 unspecified atom stereocenters. The van der Waals surface area contributed by atoms with Crippen molar-refractivity contribution in [3.05, 3.63) is 21.4 Å². The van der Waals surface area contributed by atoms with Gasteiger partial charge in [0.15, 0.2) is 0 Å². The second-order valence-electron chi connectivity index (χ2n) is 5.28. The summed E-state index contributed by atoms with van der Waals surface area (Å²) in [6.45, 7) is 9.08. The highest BCUT2D eigenvalue weighted by molar-refractivity contribution is 7.12. The van der Waals surface area contributed by atoms with E-state index in [-0.39, 0.29) is 0 Å². The zero-order valence-electron chi connectivity index (χ0n) is 11.4. The molecule has 0 aromatic carbocycles. The van der Waals surface area contributed by atoms with Crippen LogP contribution in [0, 0.1) is 13.8 Å². The zero-order chi connectivity index (χ0) is 12.4. The van der Waals surface area contributed by atoms with Crippen molar-refractivity contribution in [1.82, 2.24) is 10.2 Å².